The average molecular weight is 274 g/mol. The van der Waals surface area contributed by atoms with Crippen LogP contribution < -0.4 is 11.1 Å². The van der Waals surface area contributed by atoms with E-state index in [4.69, 9.17) is 5.73 Å². The summed E-state index contributed by atoms with van der Waals surface area (Å²) < 4.78 is 0. The Labute approximate surface area is 121 Å². The fourth-order valence-corrected chi connectivity index (χ4v) is 2.85. The number of amides is 1. The third-order valence-corrected chi connectivity index (χ3v) is 4.19. The monoisotopic (exact) mass is 274 g/mol. The van der Waals surface area contributed by atoms with Crippen molar-refractivity contribution in [2.75, 3.05) is 0 Å². The van der Waals surface area contributed by atoms with Crippen molar-refractivity contribution in [2.45, 2.75) is 57.5 Å². The molecule has 1 fully saturated rings. The van der Waals surface area contributed by atoms with Crippen LogP contribution in [-0.2, 0) is 11.2 Å². The summed E-state index contributed by atoms with van der Waals surface area (Å²) in [4.78, 5) is 12.3. The molecule has 3 nitrogen and oxygen atoms in total. The molecule has 1 amide bonds. The fourth-order valence-electron chi connectivity index (χ4n) is 2.85. The van der Waals surface area contributed by atoms with Gasteiger partial charge in [0.25, 0.3) is 0 Å². The van der Waals surface area contributed by atoms with E-state index in [2.05, 4.69) is 43.4 Å². The van der Waals surface area contributed by atoms with Crippen LogP contribution in [-0.4, -0.2) is 17.5 Å². The lowest BCUT2D eigenvalue weighted by molar-refractivity contribution is -0.126. The Hall–Kier alpha value is -1.35. The van der Waals surface area contributed by atoms with Gasteiger partial charge in [-0.25, -0.2) is 0 Å². The van der Waals surface area contributed by atoms with E-state index >= 15 is 0 Å². The van der Waals surface area contributed by atoms with E-state index in [0.29, 0.717) is 0 Å². The Morgan fingerprint density at radius 2 is 2.00 bits per heavy atom. The molecule has 110 valence electrons. The maximum atomic E-state index is 12.3. The zero-order chi connectivity index (χ0) is 14.6. The average Bonchev–Trinajstić information content (AvgIpc) is 2.84. The highest BCUT2D eigenvalue weighted by atomic mass is 16.2. The number of nitrogens with two attached hydrogens (primary N) is 1. The Morgan fingerprint density at radius 1 is 1.30 bits per heavy atom. The van der Waals surface area contributed by atoms with Crippen LogP contribution in [0.4, 0.5) is 0 Å². The second-order valence-electron chi connectivity index (χ2n) is 6.63. The number of aryl methyl sites for hydroxylation is 1. The molecule has 0 aliphatic heterocycles. The van der Waals surface area contributed by atoms with E-state index in [1.165, 1.54) is 5.56 Å². The first-order valence-electron chi connectivity index (χ1n) is 7.58. The molecule has 2 unspecified atom stereocenters. The van der Waals surface area contributed by atoms with Crippen LogP contribution in [0, 0.1) is 5.92 Å². The van der Waals surface area contributed by atoms with E-state index in [1.54, 1.807) is 0 Å². The molecule has 3 heteroatoms. The molecule has 1 saturated carbocycles. The van der Waals surface area contributed by atoms with Crippen molar-refractivity contribution < 1.29 is 4.79 Å². The van der Waals surface area contributed by atoms with Gasteiger partial charge in [0.05, 0.1) is 0 Å². The molecule has 1 aromatic rings. The van der Waals surface area contributed by atoms with Gasteiger partial charge in [0.1, 0.15) is 0 Å². The van der Waals surface area contributed by atoms with Gasteiger partial charge in [0, 0.05) is 17.5 Å². The first-order valence-corrected chi connectivity index (χ1v) is 7.58. The first kappa shape index (κ1) is 15.0. The first-order chi connectivity index (χ1) is 9.46. The normalized spacial score (nSPS) is 22.8. The van der Waals surface area contributed by atoms with Gasteiger partial charge in [-0.1, -0.05) is 30.3 Å². The molecule has 3 N–H and O–H groups in total. The number of carbonyl (C=O) groups excluding carboxylic acids is 1. The molecule has 2 rings (SSSR count). The zero-order valence-electron chi connectivity index (χ0n) is 12.6. The summed E-state index contributed by atoms with van der Waals surface area (Å²) >= 11 is 0. The van der Waals surface area contributed by atoms with Crippen LogP contribution in [0.1, 0.15) is 45.1 Å². The number of rotatable bonds is 5. The summed E-state index contributed by atoms with van der Waals surface area (Å²) in [5, 5.41) is 3.19. The fraction of sp³-hybridized carbons (Fsp3) is 0.588. The molecule has 0 bridgehead atoms. The minimum absolute atomic E-state index is 0.112. The van der Waals surface area contributed by atoms with Crippen molar-refractivity contribution in [1.82, 2.24) is 5.32 Å². The summed E-state index contributed by atoms with van der Waals surface area (Å²) in [7, 11) is 0. The second kappa shape index (κ2) is 6.40. The van der Waals surface area contributed by atoms with Gasteiger partial charge >= 0.3 is 0 Å². The van der Waals surface area contributed by atoms with Gasteiger partial charge in [-0.3, -0.25) is 4.79 Å². The predicted octanol–water partition coefficient (Wildman–Crippen LogP) is 2.64. The van der Waals surface area contributed by atoms with Crippen LogP contribution in [0.3, 0.4) is 0 Å². The van der Waals surface area contributed by atoms with Crippen molar-refractivity contribution in [1.29, 1.82) is 0 Å². The summed E-state index contributed by atoms with van der Waals surface area (Å²) in [6.45, 7) is 4.20. The van der Waals surface area contributed by atoms with Crippen molar-refractivity contribution >= 4 is 5.91 Å². The largest absolute Gasteiger partial charge is 0.351 e. The van der Waals surface area contributed by atoms with Crippen molar-refractivity contribution in [3.05, 3.63) is 35.9 Å². The molecule has 0 aromatic heterocycles. The van der Waals surface area contributed by atoms with Gasteiger partial charge in [0.2, 0.25) is 5.91 Å². The number of hydrogen-bond acceptors (Lipinski definition) is 2. The topological polar surface area (TPSA) is 55.1 Å². The molecule has 1 aliphatic carbocycles. The van der Waals surface area contributed by atoms with Crippen LogP contribution in [0.25, 0.3) is 0 Å². The molecule has 0 saturated heterocycles. The van der Waals surface area contributed by atoms with Gasteiger partial charge in [-0.15, -0.1) is 0 Å². The van der Waals surface area contributed by atoms with Crippen molar-refractivity contribution in [3.63, 3.8) is 0 Å². The molecule has 0 spiro atoms. The number of benzene rings is 1. The van der Waals surface area contributed by atoms with E-state index in [-0.39, 0.29) is 23.4 Å². The lowest BCUT2D eigenvalue weighted by Gasteiger charge is -2.28. The lowest BCUT2D eigenvalue weighted by Crippen LogP contribution is -2.46. The third kappa shape index (κ3) is 4.34. The maximum Gasteiger partial charge on any atom is 0.223 e. The molecular formula is C17H26N2O. The second-order valence-corrected chi connectivity index (χ2v) is 6.63. The van der Waals surface area contributed by atoms with E-state index in [9.17, 15) is 4.79 Å². The molecule has 20 heavy (non-hydrogen) atoms. The van der Waals surface area contributed by atoms with Crippen LogP contribution in [0.2, 0.25) is 0 Å². The van der Waals surface area contributed by atoms with E-state index in [1.807, 2.05) is 6.07 Å². The zero-order valence-corrected chi connectivity index (χ0v) is 12.6. The Morgan fingerprint density at radius 3 is 2.60 bits per heavy atom. The Bertz CT molecular complexity index is 442. The van der Waals surface area contributed by atoms with Gasteiger partial charge in [0.15, 0.2) is 0 Å². The Kier molecular flexibility index (Phi) is 4.81. The highest BCUT2D eigenvalue weighted by molar-refractivity contribution is 5.79. The standard InChI is InChI=1S/C17H26N2O/c1-17(2,11-10-13-6-4-3-5-7-13)19-16(20)14-8-9-15(18)12-14/h3-7,14-15H,8-12,18H2,1-2H3,(H,19,20). The highest BCUT2D eigenvalue weighted by Gasteiger charge is 2.30. The predicted molar refractivity (Wildman–Crippen MR) is 82.3 cm³/mol. The van der Waals surface area contributed by atoms with Crippen LogP contribution in [0.5, 0.6) is 0 Å². The number of carbonyl (C=O) groups is 1. The molecule has 0 radical (unpaired) electrons. The van der Waals surface area contributed by atoms with Gasteiger partial charge in [-0.2, -0.15) is 0 Å². The summed E-state index contributed by atoms with van der Waals surface area (Å²) in [5.41, 5.74) is 7.03. The highest BCUT2D eigenvalue weighted by Crippen LogP contribution is 2.25. The minimum atomic E-state index is -0.167. The van der Waals surface area contributed by atoms with E-state index in [0.717, 1.165) is 32.1 Å². The smallest absolute Gasteiger partial charge is 0.223 e. The SMILES string of the molecule is CC(C)(CCc1ccccc1)NC(=O)C1CCC(N)C1. The van der Waals surface area contributed by atoms with Crippen molar-refractivity contribution in [3.8, 4) is 0 Å². The van der Waals surface area contributed by atoms with Crippen LogP contribution in [0.15, 0.2) is 30.3 Å². The molecule has 1 aliphatic rings. The summed E-state index contributed by atoms with van der Waals surface area (Å²) in [6, 6.07) is 10.6. The maximum absolute atomic E-state index is 12.3. The summed E-state index contributed by atoms with van der Waals surface area (Å²) in [6.07, 6.45) is 4.67. The molecular weight excluding hydrogens is 248 g/mol. The van der Waals surface area contributed by atoms with Crippen LogP contribution >= 0.6 is 0 Å². The third-order valence-electron chi connectivity index (χ3n) is 4.19. The van der Waals surface area contributed by atoms with Crippen molar-refractivity contribution in [2.24, 2.45) is 11.7 Å². The lowest BCUT2D eigenvalue weighted by atomic mass is 9.94. The quantitative estimate of drug-likeness (QED) is 0.867. The minimum Gasteiger partial charge on any atom is -0.351 e. The number of nitrogens with one attached hydrogen (secondary N) is 1. The summed E-state index contributed by atoms with van der Waals surface area (Å²) in [5.74, 6) is 0.289. The van der Waals surface area contributed by atoms with E-state index < -0.39 is 0 Å². The number of hydrogen-bond donors (Lipinski definition) is 2. The molecule has 0 heterocycles. The van der Waals surface area contributed by atoms with Gasteiger partial charge in [-0.05, 0) is 51.5 Å². The molecule has 2 atom stereocenters. The van der Waals surface area contributed by atoms with Gasteiger partial charge < -0.3 is 11.1 Å². The Balaban J connectivity index is 1.82. The molecule has 1 aromatic carbocycles.